The Morgan fingerprint density at radius 1 is 0.348 bits per heavy atom. The first kappa shape index (κ1) is 63.3. The van der Waals surface area contributed by atoms with Gasteiger partial charge >= 0.3 is 11.9 Å². The molecule has 1 unspecified atom stereocenters. The molecular weight excluding hydrogens is 813 g/mol. The highest BCUT2D eigenvalue weighted by molar-refractivity contribution is 5.70. The Bertz CT molecular complexity index is 1180. The van der Waals surface area contributed by atoms with Crippen LogP contribution in [0, 0.1) is 0 Å². The van der Waals surface area contributed by atoms with Crippen LogP contribution in [0.25, 0.3) is 0 Å². The molecule has 0 aromatic carbocycles. The number of ether oxygens (including phenoxy) is 3. The third-order valence-electron chi connectivity index (χ3n) is 12.2. The molecule has 0 aromatic rings. The van der Waals surface area contributed by atoms with E-state index in [-0.39, 0.29) is 25.2 Å². The molecule has 0 N–H and O–H groups in total. The maximum Gasteiger partial charge on any atom is 0.306 e. The van der Waals surface area contributed by atoms with Crippen LogP contribution in [0.15, 0.2) is 72.9 Å². The van der Waals surface area contributed by atoms with E-state index < -0.39 is 6.10 Å². The lowest BCUT2D eigenvalue weighted by atomic mass is 10.0. The lowest BCUT2D eigenvalue weighted by molar-refractivity contribution is -0.163. The van der Waals surface area contributed by atoms with Gasteiger partial charge in [0, 0.05) is 19.4 Å². The number of carbonyl (C=O) groups excluding carboxylic acids is 2. The van der Waals surface area contributed by atoms with Gasteiger partial charge in [-0.25, -0.2) is 0 Å². The Morgan fingerprint density at radius 3 is 1.12 bits per heavy atom. The molecule has 382 valence electrons. The smallest absolute Gasteiger partial charge is 0.306 e. The molecule has 5 heteroatoms. The highest BCUT2D eigenvalue weighted by Gasteiger charge is 2.17. The summed E-state index contributed by atoms with van der Waals surface area (Å²) in [6, 6.07) is 0. The molecule has 0 spiro atoms. The van der Waals surface area contributed by atoms with Crippen LogP contribution in [-0.2, 0) is 23.8 Å². The maximum atomic E-state index is 12.9. The van der Waals surface area contributed by atoms with Gasteiger partial charge in [0.1, 0.15) is 6.61 Å². The number of hydrogen-bond acceptors (Lipinski definition) is 5. The largest absolute Gasteiger partial charge is 0.462 e. The summed E-state index contributed by atoms with van der Waals surface area (Å²) < 4.78 is 17.5. The van der Waals surface area contributed by atoms with Crippen LogP contribution in [-0.4, -0.2) is 37.9 Å². The van der Waals surface area contributed by atoms with Crippen molar-refractivity contribution in [2.45, 2.75) is 284 Å². The zero-order valence-electron chi connectivity index (χ0n) is 44.0. The summed E-state index contributed by atoms with van der Waals surface area (Å²) in [6.45, 7) is 7.69. The molecule has 0 bridgehead atoms. The molecule has 5 nitrogen and oxygen atoms in total. The van der Waals surface area contributed by atoms with Gasteiger partial charge in [-0.05, 0) is 89.9 Å². The summed E-state index contributed by atoms with van der Waals surface area (Å²) in [6.07, 6.45) is 73.4. The molecule has 0 fully saturated rings. The second-order valence-corrected chi connectivity index (χ2v) is 18.8. The second kappa shape index (κ2) is 56.7. The summed E-state index contributed by atoms with van der Waals surface area (Å²) in [5.74, 6) is -0.424. The van der Waals surface area contributed by atoms with E-state index in [0.717, 1.165) is 96.3 Å². The Hall–Kier alpha value is -2.66. The van der Waals surface area contributed by atoms with Crippen LogP contribution in [0.4, 0.5) is 0 Å². The molecule has 0 heterocycles. The van der Waals surface area contributed by atoms with Crippen LogP contribution in [0.1, 0.15) is 278 Å². The van der Waals surface area contributed by atoms with E-state index in [2.05, 4.69) is 93.7 Å². The van der Waals surface area contributed by atoms with E-state index in [0.29, 0.717) is 19.4 Å². The van der Waals surface area contributed by atoms with E-state index in [4.69, 9.17) is 14.2 Å². The van der Waals surface area contributed by atoms with E-state index in [9.17, 15) is 9.59 Å². The molecule has 0 rings (SSSR count). The summed E-state index contributed by atoms with van der Waals surface area (Å²) in [4.78, 5) is 25.5. The predicted molar refractivity (Wildman–Crippen MR) is 288 cm³/mol. The monoisotopic (exact) mass is 921 g/mol. The van der Waals surface area contributed by atoms with Crippen molar-refractivity contribution >= 4 is 11.9 Å². The Labute approximate surface area is 410 Å². The number of carbonyl (C=O) groups is 2. The van der Waals surface area contributed by atoms with Gasteiger partial charge in [0.15, 0.2) is 6.10 Å². The molecule has 0 aromatic heterocycles. The third-order valence-corrected chi connectivity index (χ3v) is 12.2. The van der Waals surface area contributed by atoms with Gasteiger partial charge in [-0.15, -0.1) is 0 Å². The number of unbranched alkanes of at least 4 members (excludes halogenated alkanes) is 29. The fraction of sp³-hybridized carbons (Fsp3) is 0.770. The van der Waals surface area contributed by atoms with Crippen molar-refractivity contribution in [3.05, 3.63) is 72.9 Å². The van der Waals surface area contributed by atoms with Crippen LogP contribution < -0.4 is 0 Å². The molecule has 0 aliphatic heterocycles. The Kier molecular flexibility index (Phi) is 54.4. The SMILES string of the molecule is CC/C=C\C/C=C\C/C=C\C/C=C\CCCCCCC(=O)OCC(COCCCCCCCCCCCCCCCCCC)OC(=O)CCCCCCCCC/C=C\C/C=C\CCCCC. The van der Waals surface area contributed by atoms with Crippen LogP contribution in [0.2, 0.25) is 0 Å². The minimum Gasteiger partial charge on any atom is -0.462 e. The standard InChI is InChI=1S/C61H108O5/c1-4-7-10-13-16-19-22-25-28-31-33-36-39-42-45-48-51-54-60(62)65-58-59(57-64-56-53-50-47-44-41-38-35-30-27-24-21-18-15-12-9-6-3)66-61(63)55-52-49-46-43-40-37-34-32-29-26-23-20-17-14-11-8-5-2/h7,10,16-17,19-20,25-26,28-29,33,36,59H,4-6,8-9,11-15,18,21-24,27,30-32,34-35,37-58H2,1-3H3/b10-7-,19-16-,20-17-,28-25-,29-26-,36-33-. The molecule has 0 aliphatic carbocycles. The lowest BCUT2D eigenvalue weighted by Crippen LogP contribution is -2.30. The summed E-state index contributed by atoms with van der Waals surface area (Å²) in [5.41, 5.74) is 0. The van der Waals surface area contributed by atoms with Crippen LogP contribution >= 0.6 is 0 Å². The zero-order valence-corrected chi connectivity index (χ0v) is 44.0. The van der Waals surface area contributed by atoms with E-state index in [1.165, 1.54) is 148 Å². The molecular formula is C61H108O5. The number of rotatable bonds is 52. The summed E-state index contributed by atoms with van der Waals surface area (Å²) in [7, 11) is 0. The molecule has 0 aliphatic rings. The highest BCUT2D eigenvalue weighted by Crippen LogP contribution is 2.15. The van der Waals surface area contributed by atoms with Crippen molar-refractivity contribution in [1.82, 2.24) is 0 Å². The fourth-order valence-corrected chi connectivity index (χ4v) is 8.00. The lowest BCUT2D eigenvalue weighted by Gasteiger charge is -2.18. The van der Waals surface area contributed by atoms with Crippen molar-refractivity contribution in [3.8, 4) is 0 Å². The predicted octanol–water partition coefficient (Wildman–Crippen LogP) is 19.5. The number of esters is 2. The normalized spacial score (nSPS) is 12.7. The molecule has 0 amide bonds. The van der Waals surface area contributed by atoms with Gasteiger partial charge in [-0.2, -0.15) is 0 Å². The van der Waals surface area contributed by atoms with Gasteiger partial charge in [-0.1, -0.05) is 248 Å². The van der Waals surface area contributed by atoms with E-state index in [1.54, 1.807) is 0 Å². The Balaban J connectivity index is 4.32. The molecule has 1 atom stereocenters. The van der Waals surface area contributed by atoms with Crippen molar-refractivity contribution in [3.63, 3.8) is 0 Å². The van der Waals surface area contributed by atoms with Crippen molar-refractivity contribution in [1.29, 1.82) is 0 Å². The van der Waals surface area contributed by atoms with Gasteiger partial charge in [0.05, 0.1) is 6.61 Å². The first-order valence-electron chi connectivity index (χ1n) is 28.5. The van der Waals surface area contributed by atoms with Crippen LogP contribution in [0.3, 0.4) is 0 Å². The molecule has 0 saturated heterocycles. The highest BCUT2D eigenvalue weighted by atomic mass is 16.6. The molecule has 0 radical (unpaired) electrons. The third kappa shape index (κ3) is 54.0. The first-order chi connectivity index (χ1) is 32.6. The first-order valence-corrected chi connectivity index (χ1v) is 28.5. The Morgan fingerprint density at radius 2 is 0.682 bits per heavy atom. The summed E-state index contributed by atoms with van der Waals surface area (Å²) in [5, 5.41) is 0. The van der Waals surface area contributed by atoms with Crippen LogP contribution in [0.5, 0.6) is 0 Å². The number of hydrogen-bond donors (Lipinski definition) is 0. The van der Waals surface area contributed by atoms with Gasteiger partial charge in [0.25, 0.3) is 0 Å². The quantitative estimate of drug-likeness (QED) is 0.0346. The van der Waals surface area contributed by atoms with Gasteiger partial charge in [0.2, 0.25) is 0 Å². The average Bonchev–Trinajstić information content (AvgIpc) is 3.32. The average molecular weight is 922 g/mol. The van der Waals surface area contributed by atoms with Gasteiger partial charge in [-0.3, -0.25) is 9.59 Å². The maximum absolute atomic E-state index is 12.9. The minimum atomic E-state index is -0.551. The second-order valence-electron chi connectivity index (χ2n) is 18.8. The minimum absolute atomic E-state index is 0.0697. The van der Waals surface area contributed by atoms with E-state index in [1.807, 2.05) is 0 Å². The van der Waals surface area contributed by atoms with Crippen molar-refractivity contribution in [2.24, 2.45) is 0 Å². The van der Waals surface area contributed by atoms with E-state index >= 15 is 0 Å². The van der Waals surface area contributed by atoms with Crippen molar-refractivity contribution < 1.29 is 23.8 Å². The fourth-order valence-electron chi connectivity index (χ4n) is 8.00. The number of allylic oxidation sites excluding steroid dienone is 12. The topological polar surface area (TPSA) is 61.8 Å². The molecule has 0 saturated carbocycles. The van der Waals surface area contributed by atoms with Crippen molar-refractivity contribution in [2.75, 3.05) is 19.8 Å². The summed E-state index contributed by atoms with van der Waals surface area (Å²) >= 11 is 0. The molecule has 66 heavy (non-hydrogen) atoms. The zero-order chi connectivity index (χ0) is 47.7. The van der Waals surface area contributed by atoms with Gasteiger partial charge < -0.3 is 14.2 Å².